The number of halogens is 1. The molecule has 5 aromatic rings. The van der Waals surface area contributed by atoms with Gasteiger partial charge in [-0.05, 0) is 72.5 Å². The summed E-state index contributed by atoms with van der Waals surface area (Å²) in [6.07, 6.45) is 6.08. The number of rotatable bonds is 14. The van der Waals surface area contributed by atoms with Crippen molar-refractivity contribution in [2.45, 2.75) is 25.9 Å². The molecule has 0 aromatic heterocycles. The summed E-state index contributed by atoms with van der Waals surface area (Å²) in [4.78, 5) is 17.1. The average Bonchev–Trinajstić information content (AvgIpc) is 3.24. The second kappa shape index (κ2) is 31.2. The SMILES string of the molecule is COc1cccc(C=NC[C@@H](C)N=Cc2cccc(OC)c2[O-])c1[O-].COc1cccc(C=NC[C@H](C)N=Cc2cccc(OC)c2[O-])c1[O-].[NH3+]c1ccccc1.[Ni+2].[Ni+2].[O-][Cl+3]([O-])([O-])[O-]. The Hall–Kier alpha value is -5.74. The molecule has 0 heterocycles. The van der Waals surface area contributed by atoms with Crippen LogP contribution < -0.4 is 63.7 Å². The van der Waals surface area contributed by atoms with Gasteiger partial charge in [0.15, 0.2) is 0 Å². The minimum absolute atomic E-state index is 0. The maximum atomic E-state index is 12.0. The number of benzene rings is 5. The smallest absolute Gasteiger partial charge is 0.870 e. The zero-order valence-electron chi connectivity index (χ0n) is 35.6. The molecule has 0 aliphatic carbocycles. The van der Waals surface area contributed by atoms with Gasteiger partial charge >= 0.3 is 33.0 Å². The van der Waals surface area contributed by atoms with Crippen molar-refractivity contribution in [2.75, 3.05) is 41.5 Å². The van der Waals surface area contributed by atoms with Gasteiger partial charge in [-0.1, -0.05) is 89.7 Å². The minimum Gasteiger partial charge on any atom is -0.870 e. The Kier molecular flexibility index (Phi) is 28.4. The molecule has 17 nitrogen and oxygen atoms in total. The van der Waals surface area contributed by atoms with Gasteiger partial charge in [0.2, 0.25) is 0 Å². The first-order valence-corrected chi connectivity index (χ1v) is 19.7. The molecule has 348 valence electrons. The largest absolute Gasteiger partial charge is 2.00 e. The summed E-state index contributed by atoms with van der Waals surface area (Å²) in [5.41, 5.74) is 6.64. The fraction of sp³-hybridized carbons (Fsp3) is 0.227. The molecule has 0 spiro atoms. The molecule has 0 fully saturated rings. The van der Waals surface area contributed by atoms with Crippen LogP contribution in [0.25, 0.3) is 0 Å². The second-order valence-electron chi connectivity index (χ2n) is 12.6. The van der Waals surface area contributed by atoms with Crippen molar-refractivity contribution in [3.63, 3.8) is 0 Å². The molecule has 5 rings (SSSR count). The minimum atomic E-state index is -4.94. The summed E-state index contributed by atoms with van der Waals surface area (Å²) in [7, 11) is 0.879. The summed E-state index contributed by atoms with van der Waals surface area (Å²) >= 11 is 0. The van der Waals surface area contributed by atoms with Crippen LogP contribution in [-0.2, 0) is 33.0 Å². The van der Waals surface area contributed by atoms with E-state index in [9.17, 15) is 20.4 Å². The standard InChI is InChI=1S/2C19H22N2O4.C6H7N.ClHO4.2Ni/c2*1-13(21-12-15-7-5-9-17(25-3)19(15)23)10-20-11-14-6-4-8-16(24-2)18(14)22;7-6-4-2-1-3-5-6;2-1(3,4)5;;/h2*4-9,11-13,22-23H,10H2,1-3H3;1-5H,7H2;(H,2,3,4,5);;/q;;;;2*+2/p-4/t2*13-;;;;/m10..../s1. The Morgan fingerprint density at radius 2 is 0.734 bits per heavy atom. The molecular weight excluding hydrogens is 943 g/mol. The quantitative estimate of drug-likeness (QED) is 0.107. The zero-order valence-corrected chi connectivity index (χ0v) is 38.3. The van der Waals surface area contributed by atoms with E-state index < -0.39 is 10.2 Å². The summed E-state index contributed by atoms with van der Waals surface area (Å²) in [5, 5.41) is 48.0. The number of aliphatic imine (C=N–C) groups is 4. The van der Waals surface area contributed by atoms with E-state index in [0.717, 1.165) is 5.69 Å². The molecule has 0 bridgehead atoms. The van der Waals surface area contributed by atoms with Crippen molar-refractivity contribution in [3.8, 4) is 46.0 Å². The third kappa shape index (κ3) is 22.1. The summed E-state index contributed by atoms with van der Waals surface area (Å²) in [6, 6.07) is 29.7. The normalized spacial score (nSPS) is 11.7. The third-order valence-corrected chi connectivity index (χ3v) is 7.90. The number of nitrogens with zero attached hydrogens (tertiary/aromatic N) is 4. The van der Waals surface area contributed by atoms with Crippen molar-refractivity contribution in [3.05, 3.63) is 125 Å². The monoisotopic (exact) mass is 989 g/mol. The second-order valence-corrected chi connectivity index (χ2v) is 13.4. The van der Waals surface area contributed by atoms with E-state index in [-0.39, 0.29) is 91.1 Å². The van der Waals surface area contributed by atoms with E-state index >= 15 is 0 Å². The molecule has 3 N–H and O–H groups in total. The van der Waals surface area contributed by atoms with Gasteiger partial charge < -0.3 is 45.1 Å². The topological polar surface area (TPSA) is 298 Å². The molecule has 5 aromatic carbocycles. The number of methoxy groups -OCH3 is 4. The van der Waals surface area contributed by atoms with Crippen molar-refractivity contribution >= 4 is 30.5 Å². The van der Waals surface area contributed by atoms with E-state index in [1.807, 2.05) is 44.2 Å². The van der Waals surface area contributed by atoms with E-state index in [2.05, 4.69) is 25.7 Å². The van der Waals surface area contributed by atoms with Crippen LogP contribution in [0.15, 0.2) is 123 Å². The maximum Gasteiger partial charge on any atom is 2.00 e. The molecule has 20 heteroatoms. The van der Waals surface area contributed by atoms with Crippen molar-refractivity contribution in [1.29, 1.82) is 0 Å². The third-order valence-electron chi connectivity index (χ3n) is 7.90. The predicted molar refractivity (Wildman–Crippen MR) is 218 cm³/mol. The Bertz CT molecular complexity index is 2090. The molecule has 2 atom stereocenters. The fourth-order valence-corrected chi connectivity index (χ4v) is 4.78. The zero-order chi connectivity index (χ0) is 46.1. The molecule has 0 unspecified atom stereocenters. The van der Waals surface area contributed by atoms with Crippen LogP contribution in [-0.4, -0.2) is 78.5 Å². The van der Waals surface area contributed by atoms with Gasteiger partial charge in [0.25, 0.3) is 0 Å². The first-order valence-electron chi connectivity index (χ1n) is 18.4. The van der Waals surface area contributed by atoms with Gasteiger partial charge in [-0.15, -0.1) is 10.2 Å². The van der Waals surface area contributed by atoms with E-state index in [0.29, 0.717) is 35.3 Å². The van der Waals surface area contributed by atoms with Crippen molar-refractivity contribution in [2.24, 2.45) is 20.0 Å². The predicted octanol–water partition coefficient (Wildman–Crippen LogP) is -0.646. The molecular formula is C44H48ClN5Ni2O12. The molecule has 0 saturated heterocycles. The number of ether oxygens (including phenoxy) is 4. The van der Waals surface area contributed by atoms with Crippen LogP contribution in [0.2, 0.25) is 0 Å². The summed E-state index contributed by atoms with van der Waals surface area (Å²) in [5.74, 6) is 0.363. The Morgan fingerprint density at radius 1 is 0.469 bits per heavy atom. The number of hydrogen-bond acceptors (Lipinski definition) is 16. The Balaban J connectivity index is 0.000000960. The van der Waals surface area contributed by atoms with Gasteiger partial charge in [0.05, 0.1) is 53.6 Å². The molecule has 64 heavy (non-hydrogen) atoms. The van der Waals surface area contributed by atoms with Gasteiger partial charge in [0, 0.05) is 24.9 Å². The van der Waals surface area contributed by atoms with E-state index in [1.54, 1.807) is 72.8 Å². The first kappa shape index (κ1) is 58.3. The van der Waals surface area contributed by atoms with Crippen molar-refractivity contribution in [1.82, 2.24) is 0 Å². The number of para-hydroxylation sites is 4. The van der Waals surface area contributed by atoms with Crippen molar-refractivity contribution < 1.29 is 107 Å². The van der Waals surface area contributed by atoms with Crippen LogP contribution >= 0.6 is 0 Å². The van der Waals surface area contributed by atoms with Crippen LogP contribution in [0.4, 0.5) is 5.69 Å². The maximum absolute atomic E-state index is 12.0. The summed E-state index contributed by atoms with van der Waals surface area (Å²) in [6.45, 7) is 4.54. The fourth-order valence-electron chi connectivity index (χ4n) is 4.78. The molecule has 0 saturated carbocycles. The van der Waals surface area contributed by atoms with Gasteiger partial charge in [-0.2, -0.15) is 0 Å². The van der Waals surface area contributed by atoms with Crippen LogP contribution in [0.3, 0.4) is 0 Å². The molecule has 0 aliphatic rings. The van der Waals surface area contributed by atoms with Gasteiger partial charge in [-0.3, -0.25) is 20.0 Å². The number of quaternary nitrogens is 1. The van der Waals surface area contributed by atoms with Crippen LogP contribution in [0, 0.1) is 10.2 Å². The van der Waals surface area contributed by atoms with Crippen LogP contribution in [0.1, 0.15) is 36.1 Å². The Morgan fingerprint density at radius 3 is 0.969 bits per heavy atom. The summed E-state index contributed by atoms with van der Waals surface area (Å²) < 4.78 is 54.0. The number of hydrogen-bond donors (Lipinski definition) is 1. The molecule has 0 aliphatic heterocycles. The molecule has 0 amide bonds. The molecule has 0 radical (unpaired) electrons. The Labute approximate surface area is 394 Å². The van der Waals surface area contributed by atoms with Gasteiger partial charge in [-0.25, -0.2) is 18.6 Å². The first-order chi connectivity index (χ1) is 29.5. The average molecular weight is 992 g/mol. The van der Waals surface area contributed by atoms with Gasteiger partial charge in [0.1, 0.15) is 28.7 Å². The van der Waals surface area contributed by atoms with E-state index in [4.69, 9.17) is 37.6 Å². The van der Waals surface area contributed by atoms with Crippen LogP contribution in [0.5, 0.6) is 46.0 Å². The van der Waals surface area contributed by atoms with E-state index in [1.165, 1.54) is 53.3 Å².